The number of benzene rings is 2. The molecule has 0 radical (unpaired) electrons. The molecule has 0 aliphatic rings. The van der Waals surface area contributed by atoms with Crippen LogP contribution in [0.2, 0.25) is 0 Å². The Labute approximate surface area is 153 Å². The summed E-state index contributed by atoms with van der Waals surface area (Å²) in [4.78, 5) is 4.33. The number of hydrogen-bond acceptors (Lipinski definition) is 6. The molecule has 0 fully saturated rings. The Balaban J connectivity index is 1.47. The third-order valence-corrected chi connectivity index (χ3v) is 3.93. The number of nitrogens with zero attached hydrogens (tertiary/aromatic N) is 2. The van der Waals surface area contributed by atoms with Crippen LogP contribution in [0.15, 0.2) is 59.1 Å². The van der Waals surface area contributed by atoms with Crippen molar-refractivity contribution < 1.29 is 14.0 Å². The Morgan fingerprint density at radius 1 is 0.962 bits per heavy atom. The van der Waals surface area contributed by atoms with E-state index in [0.29, 0.717) is 30.8 Å². The quantitative estimate of drug-likeness (QED) is 0.636. The first kappa shape index (κ1) is 17.9. The molecule has 0 aliphatic carbocycles. The molecule has 0 aliphatic heterocycles. The van der Waals surface area contributed by atoms with Gasteiger partial charge in [-0.1, -0.05) is 35.5 Å². The van der Waals surface area contributed by atoms with Crippen molar-refractivity contribution in [3.8, 4) is 11.5 Å². The highest BCUT2D eigenvalue weighted by Gasteiger charge is 2.10. The highest BCUT2D eigenvalue weighted by molar-refractivity contribution is 5.31. The van der Waals surface area contributed by atoms with Crippen LogP contribution < -0.4 is 14.8 Å². The highest BCUT2D eigenvalue weighted by atomic mass is 16.5. The van der Waals surface area contributed by atoms with E-state index in [2.05, 4.69) is 22.4 Å². The number of rotatable bonds is 9. The van der Waals surface area contributed by atoms with Gasteiger partial charge in [-0.25, -0.2) is 0 Å². The molecule has 6 nitrogen and oxygen atoms in total. The Morgan fingerprint density at radius 2 is 1.62 bits per heavy atom. The SMILES string of the molecule is CNC(C)Cc1noc(COc2ccc(OCc3ccccc3)cc2)n1. The summed E-state index contributed by atoms with van der Waals surface area (Å²) < 4.78 is 16.6. The Hall–Kier alpha value is -2.86. The molecule has 6 heteroatoms. The van der Waals surface area contributed by atoms with Crippen molar-refractivity contribution in [1.82, 2.24) is 15.5 Å². The van der Waals surface area contributed by atoms with Gasteiger partial charge in [-0.3, -0.25) is 0 Å². The molecule has 0 saturated heterocycles. The average molecular weight is 353 g/mol. The maximum absolute atomic E-state index is 5.76. The number of ether oxygens (including phenoxy) is 2. The van der Waals surface area contributed by atoms with E-state index in [0.717, 1.165) is 17.1 Å². The Kier molecular flexibility index (Phi) is 6.22. The van der Waals surface area contributed by atoms with Crippen LogP contribution in [0.25, 0.3) is 0 Å². The summed E-state index contributed by atoms with van der Waals surface area (Å²) in [5.74, 6) is 2.66. The molecule has 0 bridgehead atoms. The van der Waals surface area contributed by atoms with Gasteiger partial charge in [0.25, 0.3) is 5.89 Å². The minimum Gasteiger partial charge on any atom is -0.489 e. The smallest absolute Gasteiger partial charge is 0.264 e. The van der Waals surface area contributed by atoms with Crippen LogP contribution in [-0.2, 0) is 19.6 Å². The molecule has 1 aromatic heterocycles. The number of hydrogen-bond donors (Lipinski definition) is 1. The zero-order valence-corrected chi connectivity index (χ0v) is 15.0. The lowest BCUT2D eigenvalue weighted by Crippen LogP contribution is -2.24. The van der Waals surface area contributed by atoms with Crippen molar-refractivity contribution in [1.29, 1.82) is 0 Å². The van der Waals surface area contributed by atoms with Gasteiger partial charge in [-0.05, 0) is 43.8 Å². The van der Waals surface area contributed by atoms with Crippen LogP contribution in [0.1, 0.15) is 24.2 Å². The lowest BCUT2D eigenvalue weighted by atomic mass is 10.2. The largest absolute Gasteiger partial charge is 0.489 e. The lowest BCUT2D eigenvalue weighted by Gasteiger charge is -2.08. The van der Waals surface area contributed by atoms with E-state index in [4.69, 9.17) is 14.0 Å². The summed E-state index contributed by atoms with van der Waals surface area (Å²) in [5, 5.41) is 7.10. The van der Waals surface area contributed by atoms with Crippen LogP contribution in [0.3, 0.4) is 0 Å². The standard InChI is InChI=1S/C20H23N3O3/c1-15(21-2)12-19-22-20(26-23-19)14-25-18-10-8-17(9-11-18)24-13-16-6-4-3-5-7-16/h3-11,15,21H,12-14H2,1-2H3. The first-order chi connectivity index (χ1) is 12.7. The second kappa shape index (κ2) is 9.01. The molecular weight excluding hydrogens is 330 g/mol. The monoisotopic (exact) mass is 353 g/mol. The van der Waals surface area contributed by atoms with Gasteiger partial charge in [-0.15, -0.1) is 0 Å². The van der Waals surface area contributed by atoms with Crippen LogP contribution in [0, 0.1) is 0 Å². The maximum Gasteiger partial charge on any atom is 0.264 e. The topological polar surface area (TPSA) is 69.4 Å². The molecule has 0 spiro atoms. The number of nitrogens with one attached hydrogen (secondary N) is 1. The fourth-order valence-corrected chi connectivity index (χ4v) is 2.33. The van der Waals surface area contributed by atoms with Gasteiger partial charge in [0, 0.05) is 12.5 Å². The lowest BCUT2D eigenvalue weighted by molar-refractivity contribution is 0.241. The van der Waals surface area contributed by atoms with E-state index in [9.17, 15) is 0 Å². The summed E-state index contributed by atoms with van der Waals surface area (Å²) in [6.07, 6.45) is 0.716. The van der Waals surface area contributed by atoms with Crippen LogP contribution in [0.5, 0.6) is 11.5 Å². The van der Waals surface area contributed by atoms with Crippen molar-refractivity contribution in [2.24, 2.45) is 0 Å². The second-order valence-corrected chi connectivity index (χ2v) is 6.03. The van der Waals surface area contributed by atoms with Gasteiger partial charge < -0.3 is 19.3 Å². The zero-order valence-electron chi connectivity index (χ0n) is 15.0. The van der Waals surface area contributed by atoms with E-state index in [1.807, 2.05) is 61.6 Å². The van der Waals surface area contributed by atoms with Crippen molar-refractivity contribution in [2.75, 3.05) is 7.05 Å². The van der Waals surface area contributed by atoms with E-state index in [1.165, 1.54) is 0 Å². The molecule has 136 valence electrons. The van der Waals surface area contributed by atoms with Gasteiger partial charge in [0.1, 0.15) is 18.1 Å². The molecule has 3 aromatic rings. The summed E-state index contributed by atoms with van der Waals surface area (Å²) in [6.45, 7) is 2.84. The van der Waals surface area contributed by atoms with E-state index in [-0.39, 0.29) is 6.61 Å². The average Bonchev–Trinajstić information content (AvgIpc) is 3.13. The molecule has 1 atom stereocenters. The van der Waals surface area contributed by atoms with Gasteiger partial charge in [-0.2, -0.15) is 4.98 Å². The third-order valence-electron chi connectivity index (χ3n) is 3.93. The maximum atomic E-state index is 5.76. The van der Waals surface area contributed by atoms with Gasteiger partial charge in [0.2, 0.25) is 0 Å². The van der Waals surface area contributed by atoms with E-state index >= 15 is 0 Å². The second-order valence-electron chi connectivity index (χ2n) is 6.03. The van der Waals surface area contributed by atoms with E-state index < -0.39 is 0 Å². The number of likely N-dealkylation sites (N-methyl/N-ethyl adjacent to an activating group) is 1. The van der Waals surface area contributed by atoms with Crippen molar-refractivity contribution in [3.63, 3.8) is 0 Å². The van der Waals surface area contributed by atoms with Crippen LogP contribution >= 0.6 is 0 Å². The molecule has 0 saturated carbocycles. The molecule has 0 amide bonds. The zero-order chi connectivity index (χ0) is 18.2. The van der Waals surface area contributed by atoms with Crippen LogP contribution in [0.4, 0.5) is 0 Å². The molecule has 1 N–H and O–H groups in total. The fraction of sp³-hybridized carbons (Fsp3) is 0.300. The summed E-state index contributed by atoms with van der Waals surface area (Å²) >= 11 is 0. The molecular formula is C20H23N3O3. The molecule has 2 aromatic carbocycles. The van der Waals surface area contributed by atoms with Gasteiger partial charge in [0.05, 0.1) is 0 Å². The summed E-state index contributed by atoms with van der Waals surface area (Å²) in [6, 6.07) is 17.8. The molecule has 3 rings (SSSR count). The Morgan fingerprint density at radius 3 is 2.27 bits per heavy atom. The first-order valence-corrected chi connectivity index (χ1v) is 8.61. The molecule has 26 heavy (non-hydrogen) atoms. The number of aromatic nitrogens is 2. The van der Waals surface area contributed by atoms with Crippen molar-refractivity contribution in [2.45, 2.75) is 32.6 Å². The first-order valence-electron chi connectivity index (χ1n) is 8.61. The molecule has 1 unspecified atom stereocenters. The normalized spacial score (nSPS) is 11.9. The Bertz CT molecular complexity index is 788. The predicted octanol–water partition coefficient (Wildman–Crippen LogP) is 3.38. The summed E-state index contributed by atoms with van der Waals surface area (Å²) in [7, 11) is 1.90. The minimum atomic E-state index is 0.241. The van der Waals surface area contributed by atoms with Crippen LogP contribution in [-0.4, -0.2) is 23.2 Å². The van der Waals surface area contributed by atoms with Gasteiger partial charge >= 0.3 is 0 Å². The fourth-order valence-electron chi connectivity index (χ4n) is 2.33. The molecule has 1 heterocycles. The minimum absolute atomic E-state index is 0.241. The van der Waals surface area contributed by atoms with Gasteiger partial charge in [0.15, 0.2) is 12.4 Å². The van der Waals surface area contributed by atoms with E-state index in [1.54, 1.807) is 0 Å². The predicted molar refractivity (Wildman–Crippen MR) is 98.1 cm³/mol. The van der Waals surface area contributed by atoms with Crippen molar-refractivity contribution >= 4 is 0 Å². The van der Waals surface area contributed by atoms with Crippen molar-refractivity contribution in [3.05, 3.63) is 71.9 Å². The highest BCUT2D eigenvalue weighted by Crippen LogP contribution is 2.19. The third kappa shape index (κ3) is 5.32. The summed E-state index contributed by atoms with van der Waals surface area (Å²) in [5.41, 5.74) is 1.13.